The minimum atomic E-state index is -0.211. The number of hydrogen-bond acceptors (Lipinski definition) is 4. The molecule has 24 heavy (non-hydrogen) atoms. The van der Waals surface area contributed by atoms with E-state index in [-0.39, 0.29) is 17.8 Å². The van der Waals surface area contributed by atoms with E-state index < -0.39 is 0 Å². The topological polar surface area (TPSA) is 63.9 Å². The minimum absolute atomic E-state index is 0.143. The zero-order chi connectivity index (χ0) is 16.5. The normalized spacial score (nSPS) is 15.8. The van der Waals surface area contributed by atoms with Crippen LogP contribution >= 0.6 is 0 Å². The number of carbonyl (C=O) groups is 1. The van der Waals surface area contributed by atoms with Gasteiger partial charge in [-0.3, -0.25) is 0 Å². The van der Waals surface area contributed by atoms with Gasteiger partial charge in [0, 0.05) is 19.3 Å². The molecule has 1 aliphatic heterocycles. The molecule has 1 amide bonds. The lowest BCUT2D eigenvalue weighted by atomic mass is 9.89. The van der Waals surface area contributed by atoms with E-state index in [2.05, 4.69) is 15.3 Å². The lowest BCUT2D eigenvalue weighted by Crippen LogP contribution is -2.40. The number of nitrogens with zero attached hydrogens (tertiary/aromatic N) is 5. The minimum Gasteiger partial charge on any atom is -0.323 e. The van der Waals surface area contributed by atoms with Crippen LogP contribution in [0.1, 0.15) is 24.3 Å². The fraction of sp³-hybridized carbons (Fsp3) is 0.294. The summed E-state index contributed by atoms with van der Waals surface area (Å²) in [5, 5.41) is 7.83. The number of fused-ring (bicyclic) bond motifs is 1. The quantitative estimate of drug-likeness (QED) is 0.690. The van der Waals surface area contributed by atoms with Crippen molar-refractivity contribution in [2.75, 3.05) is 13.1 Å². The molecule has 1 saturated heterocycles. The molecule has 1 aliphatic rings. The Morgan fingerprint density at radius 1 is 1.12 bits per heavy atom. The van der Waals surface area contributed by atoms with Gasteiger partial charge in [0.05, 0.1) is 0 Å². The van der Waals surface area contributed by atoms with Crippen LogP contribution in [0.15, 0.2) is 42.6 Å². The van der Waals surface area contributed by atoms with E-state index in [4.69, 9.17) is 0 Å². The highest BCUT2D eigenvalue weighted by Crippen LogP contribution is 2.30. The van der Waals surface area contributed by atoms with Gasteiger partial charge in [-0.25, -0.2) is 14.2 Å². The summed E-state index contributed by atoms with van der Waals surface area (Å²) in [5.41, 5.74) is 1.78. The van der Waals surface area contributed by atoms with E-state index in [1.165, 1.54) is 10.7 Å². The molecule has 0 saturated carbocycles. The van der Waals surface area contributed by atoms with Crippen molar-refractivity contribution < 1.29 is 9.18 Å². The molecule has 1 aromatic carbocycles. The Labute approximate surface area is 137 Å². The Morgan fingerprint density at radius 2 is 1.92 bits per heavy atom. The summed E-state index contributed by atoms with van der Waals surface area (Å²) in [5.74, 6) is -0.0278. The van der Waals surface area contributed by atoms with Crippen molar-refractivity contribution in [3.8, 4) is 0 Å². The molecule has 122 valence electrons. The first kappa shape index (κ1) is 14.7. The number of amides is 1. The molecule has 2 aromatic heterocycles. The van der Waals surface area contributed by atoms with Gasteiger partial charge < -0.3 is 4.90 Å². The Bertz CT molecular complexity index is 885. The molecule has 1 fully saturated rings. The van der Waals surface area contributed by atoms with Crippen molar-refractivity contribution in [1.29, 1.82) is 0 Å². The van der Waals surface area contributed by atoms with E-state index in [1.54, 1.807) is 29.3 Å². The van der Waals surface area contributed by atoms with Gasteiger partial charge in [-0.05, 0) is 42.5 Å². The zero-order valence-corrected chi connectivity index (χ0v) is 13.0. The molecule has 0 spiro atoms. The summed E-state index contributed by atoms with van der Waals surface area (Å²) in [4.78, 5) is 18.5. The van der Waals surface area contributed by atoms with E-state index in [0.717, 1.165) is 18.4 Å². The maximum atomic E-state index is 13.9. The van der Waals surface area contributed by atoms with Gasteiger partial charge in [0.2, 0.25) is 5.65 Å². The molecular weight excluding hydrogens is 309 g/mol. The third-order valence-corrected chi connectivity index (χ3v) is 4.51. The average Bonchev–Trinajstić information content (AvgIpc) is 3.06. The molecule has 0 unspecified atom stereocenters. The van der Waals surface area contributed by atoms with Crippen molar-refractivity contribution in [2.24, 2.45) is 0 Å². The first-order valence-corrected chi connectivity index (χ1v) is 7.94. The highest BCUT2D eigenvalue weighted by Gasteiger charge is 2.27. The van der Waals surface area contributed by atoms with Gasteiger partial charge in [0.1, 0.15) is 11.3 Å². The number of aromatic nitrogens is 4. The maximum Gasteiger partial charge on any atom is 0.346 e. The second kappa shape index (κ2) is 5.99. The van der Waals surface area contributed by atoms with Crippen molar-refractivity contribution in [2.45, 2.75) is 18.8 Å². The van der Waals surface area contributed by atoms with Crippen molar-refractivity contribution >= 4 is 17.2 Å². The number of hydrogen-bond donors (Lipinski definition) is 0. The number of carbonyl (C=O) groups excluding carboxylic acids is 1. The largest absolute Gasteiger partial charge is 0.346 e. The highest BCUT2D eigenvalue weighted by molar-refractivity contribution is 5.86. The molecule has 0 N–H and O–H groups in total. The van der Waals surface area contributed by atoms with Crippen molar-refractivity contribution in [1.82, 2.24) is 24.9 Å². The molecule has 3 aromatic rings. The SMILES string of the molecule is O=C(N1CCC(c2ccccc2F)CC1)n1nnc2ncccc21. The predicted octanol–water partition coefficient (Wildman–Crippen LogP) is 2.81. The van der Waals surface area contributed by atoms with Gasteiger partial charge in [0.15, 0.2) is 0 Å². The Kier molecular flexibility index (Phi) is 3.68. The van der Waals surface area contributed by atoms with Crippen LogP contribution in [0.3, 0.4) is 0 Å². The van der Waals surface area contributed by atoms with Gasteiger partial charge in [-0.2, -0.15) is 4.68 Å². The van der Waals surface area contributed by atoms with E-state index >= 15 is 0 Å². The third kappa shape index (κ3) is 2.51. The van der Waals surface area contributed by atoms with Crippen LogP contribution in [0.25, 0.3) is 11.2 Å². The molecule has 3 heterocycles. The Hall–Kier alpha value is -2.83. The van der Waals surface area contributed by atoms with Gasteiger partial charge in [-0.15, -0.1) is 5.10 Å². The third-order valence-electron chi connectivity index (χ3n) is 4.51. The fourth-order valence-electron chi connectivity index (χ4n) is 3.23. The zero-order valence-electron chi connectivity index (χ0n) is 13.0. The van der Waals surface area contributed by atoms with Crippen LogP contribution in [-0.2, 0) is 0 Å². The predicted molar refractivity (Wildman–Crippen MR) is 86.1 cm³/mol. The number of likely N-dealkylation sites (tertiary alicyclic amines) is 1. The standard InChI is InChI=1S/C17H16FN5O/c18-14-5-2-1-4-13(14)12-7-10-22(11-8-12)17(24)23-15-6-3-9-19-16(15)20-21-23/h1-6,9,12H,7-8,10-11H2. The molecule has 0 radical (unpaired) electrons. The van der Waals surface area contributed by atoms with Crippen LogP contribution in [0.4, 0.5) is 9.18 Å². The monoisotopic (exact) mass is 325 g/mol. The van der Waals surface area contributed by atoms with Crippen LogP contribution in [-0.4, -0.2) is 44.0 Å². The first-order chi connectivity index (χ1) is 11.7. The molecule has 6 nitrogen and oxygen atoms in total. The van der Waals surface area contributed by atoms with Crippen molar-refractivity contribution in [3.63, 3.8) is 0 Å². The van der Waals surface area contributed by atoms with Gasteiger partial charge in [-0.1, -0.05) is 23.4 Å². The summed E-state index contributed by atoms with van der Waals surface area (Å²) < 4.78 is 15.2. The summed E-state index contributed by atoms with van der Waals surface area (Å²) >= 11 is 0. The van der Waals surface area contributed by atoms with Crippen LogP contribution < -0.4 is 0 Å². The summed E-state index contributed by atoms with van der Waals surface area (Å²) in [6, 6.07) is 10.2. The smallest absolute Gasteiger partial charge is 0.323 e. The lowest BCUT2D eigenvalue weighted by molar-refractivity contribution is 0.180. The average molecular weight is 325 g/mol. The van der Waals surface area contributed by atoms with Crippen LogP contribution in [0.2, 0.25) is 0 Å². The van der Waals surface area contributed by atoms with E-state index in [9.17, 15) is 9.18 Å². The van der Waals surface area contributed by atoms with Crippen LogP contribution in [0.5, 0.6) is 0 Å². The number of halogens is 1. The molecule has 0 atom stereocenters. The number of piperidine rings is 1. The first-order valence-electron chi connectivity index (χ1n) is 7.94. The highest BCUT2D eigenvalue weighted by atomic mass is 19.1. The Balaban J connectivity index is 1.50. The van der Waals surface area contributed by atoms with Crippen molar-refractivity contribution in [3.05, 3.63) is 54.0 Å². The second-order valence-electron chi connectivity index (χ2n) is 5.91. The number of rotatable bonds is 1. The number of pyridine rings is 1. The van der Waals surface area contributed by atoms with E-state index in [0.29, 0.717) is 24.3 Å². The van der Waals surface area contributed by atoms with E-state index in [1.807, 2.05) is 12.1 Å². The molecule has 4 rings (SSSR count). The maximum absolute atomic E-state index is 13.9. The fourth-order valence-corrected chi connectivity index (χ4v) is 3.23. The number of benzene rings is 1. The second-order valence-corrected chi connectivity index (χ2v) is 5.91. The molecule has 7 heteroatoms. The lowest BCUT2D eigenvalue weighted by Gasteiger charge is -2.31. The summed E-state index contributed by atoms with van der Waals surface area (Å²) in [6.07, 6.45) is 3.08. The van der Waals surface area contributed by atoms with Crippen LogP contribution in [0, 0.1) is 5.82 Å². The molecule has 0 bridgehead atoms. The molecule has 0 aliphatic carbocycles. The van der Waals surface area contributed by atoms with Gasteiger partial charge in [0.25, 0.3) is 0 Å². The Morgan fingerprint density at radius 3 is 2.71 bits per heavy atom. The molecular formula is C17H16FN5O. The summed E-state index contributed by atoms with van der Waals surface area (Å²) in [7, 11) is 0. The van der Waals surface area contributed by atoms with Gasteiger partial charge >= 0.3 is 6.03 Å². The summed E-state index contributed by atoms with van der Waals surface area (Å²) in [6.45, 7) is 1.14.